The van der Waals surface area contributed by atoms with Crippen LogP contribution in [0, 0.1) is 0 Å². The predicted octanol–water partition coefficient (Wildman–Crippen LogP) is 2.52. The lowest BCUT2D eigenvalue weighted by Gasteiger charge is -2.19. The van der Waals surface area contributed by atoms with E-state index in [1.54, 1.807) is 0 Å². The van der Waals surface area contributed by atoms with Crippen LogP contribution in [0.2, 0.25) is 0 Å². The van der Waals surface area contributed by atoms with Gasteiger partial charge >= 0.3 is 0 Å². The maximum Gasteiger partial charge on any atom is 0.123 e. The lowest BCUT2D eigenvalue weighted by molar-refractivity contribution is 0.302. The van der Waals surface area contributed by atoms with E-state index in [9.17, 15) is 0 Å². The fourth-order valence-corrected chi connectivity index (χ4v) is 1.87. The summed E-state index contributed by atoms with van der Waals surface area (Å²) >= 11 is 0. The van der Waals surface area contributed by atoms with Gasteiger partial charge in [0.15, 0.2) is 0 Å². The van der Waals surface area contributed by atoms with Crippen LogP contribution < -0.4 is 10.1 Å². The number of nitrogens with zero attached hydrogens (tertiary/aromatic N) is 1. The van der Waals surface area contributed by atoms with E-state index >= 15 is 0 Å². The molecule has 0 bridgehead atoms. The van der Waals surface area contributed by atoms with Gasteiger partial charge in [0.05, 0.1) is 6.61 Å². The Balaban J connectivity index is 2.40. The summed E-state index contributed by atoms with van der Waals surface area (Å²) in [7, 11) is 2.15. The molecular weight excluding hydrogens is 224 g/mol. The van der Waals surface area contributed by atoms with Crippen LogP contribution in [0.1, 0.15) is 25.8 Å². The van der Waals surface area contributed by atoms with E-state index in [1.165, 1.54) is 12.0 Å². The molecule has 0 aliphatic rings. The molecule has 0 saturated carbocycles. The number of nitrogens with one attached hydrogen (secondary N) is 1. The summed E-state index contributed by atoms with van der Waals surface area (Å²) in [6.07, 6.45) is 1.19. The van der Waals surface area contributed by atoms with Gasteiger partial charge in [-0.15, -0.1) is 0 Å². The van der Waals surface area contributed by atoms with Gasteiger partial charge in [0.1, 0.15) is 5.75 Å². The minimum atomic E-state index is 0.721. The van der Waals surface area contributed by atoms with Gasteiger partial charge in [-0.3, -0.25) is 0 Å². The van der Waals surface area contributed by atoms with Crippen molar-refractivity contribution in [2.45, 2.75) is 26.8 Å². The number of para-hydroxylation sites is 1. The van der Waals surface area contributed by atoms with Crippen molar-refractivity contribution in [3.63, 3.8) is 0 Å². The smallest absolute Gasteiger partial charge is 0.123 e. The minimum Gasteiger partial charge on any atom is -0.494 e. The number of hydrogen-bond acceptors (Lipinski definition) is 3. The number of hydrogen-bond donors (Lipinski definition) is 1. The van der Waals surface area contributed by atoms with Crippen LogP contribution in [0.15, 0.2) is 24.3 Å². The van der Waals surface area contributed by atoms with Crippen molar-refractivity contribution in [1.29, 1.82) is 0 Å². The lowest BCUT2D eigenvalue weighted by atomic mass is 10.2. The molecular formula is C15H26N2O. The Bertz CT molecular complexity index is 328. The Morgan fingerprint density at radius 2 is 1.94 bits per heavy atom. The van der Waals surface area contributed by atoms with E-state index in [2.05, 4.69) is 36.3 Å². The summed E-state index contributed by atoms with van der Waals surface area (Å²) in [6, 6.07) is 8.28. The Labute approximate surface area is 111 Å². The fraction of sp³-hybridized carbons (Fsp3) is 0.600. The van der Waals surface area contributed by atoms with Gasteiger partial charge < -0.3 is 15.0 Å². The Morgan fingerprint density at radius 3 is 2.67 bits per heavy atom. The van der Waals surface area contributed by atoms with Crippen LogP contribution in [-0.2, 0) is 6.54 Å². The van der Waals surface area contributed by atoms with E-state index in [4.69, 9.17) is 4.74 Å². The van der Waals surface area contributed by atoms with Gasteiger partial charge in [0, 0.05) is 25.2 Å². The second-order valence-electron chi connectivity index (χ2n) is 4.53. The lowest BCUT2D eigenvalue weighted by Crippen LogP contribution is -2.29. The maximum atomic E-state index is 5.64. The van der Waals surface area contributed by atoms with Crippen molar-refractivity contribution < 1.29 is 4.74 Å². The minimum absolute atomic E-state index is 0.721. The summed E-state index contributed by atoms with van der Waals surface area (Å²) in [6.45, 7) is 9.07. The van der Waals surface area contributed by atoms with Crippen molar-refractivity contribution in [1.82, 2.24) is 10.2 Å². The zero-order chi connectivity index (χ0) is 13.2. The molecule has 1 rings (SSSR count). The highest BCUT2D eigenvalue weighted by atomic mass is 16.5. The molecule has 0 amide bonds. The van der Waals surface area contributed by atoms with Crippen LogP contribution in [0.3, 0.4) is 0 Å². The molecule has 18 heavy (non-hydrogen) atoms. The molecule has 1 N–H and O–H groups in total. The molecule has 1 aromatic carbocycles. The normalized spacial score (nSPS) is 10.9. The molecule has 102 valence electrons. The molecule has 0 aliphatic carbocycles. The monoisotopic (exact) mass is 250 g/mol. The van der Waals surface area contributed by atoms with Crippen LogP contribution in [0.25, 0.3) is 0 Å². The van der Waals surface area contributed by atoms with Gasteiger partial charge in [-0.05, 0) is 33.0 Å². The maximum absolute atomic E-state index is 5.64. The van der Waals surface area contributed by atoms with Crippen LogP contribution >= 0.6 is 0 Å². The zero-order valence-electron chi connectivity index (χ0n) is 11.9. The molecule has 3 nitrogen and oxygen atoms in total. The largest absolute Gasteiger partial charge is 0.494 e. The van der Waals surface area contributed by atoms with Crippen molar-refractivity contribution >= 4 is 0 Å². The molecule has 0 fully saturated rings. The summed E-state index contributed by atoms with van der Waals surface area (Å²) < 4.78 is 5.64. The Hall–Kier alpha value is -1.06. The molecule has 3 heteroatoms. The van der Waals surface area contributed by atoms with E-state index in [0.717, 1.165) is 38.5 Å². The number of rotatable bonds is 9. The van der Waals surface area contributed by atoms with Crippen LogP contribution in [0.4, 0.5) is 0 Å². The van der Waals surface area contributed by atoms with Crippen molar-refractivity contribution in [2.24, 2.45) is 0 Å². The van der Waals surface area contributed by atoms with Gasteiger partial charge in [0.25, 0.3) is 0 Å². The van der Waals surface area contributed by atoms with Gasteiger partial charge in [-0.25, -0.2) is 0 Å². The summed E-state index contributed by atoms with van der Waals surface area (Å²) in [5.41, 5.74) is 1.26. The predicted molar refractivity (Wildman–Crippen MR) is 77.1 cm³/mol. The summed E-state index contributed by atoms with van der Waals surface area (Å²) in [5, 5.41) is 3.42. The first-order valence-electron chi connectivity index (χ1n) is 6.87. The second-order valence-corrected chi connectivity index (χ2v) is 4.53. The second kappa shape index (κ2) is 8.95. The first-order valence-corrected chi connectivity index (χ1v) is 6.87. The number of ether oxygens (including phenoxy) is 1. The van der Waals surface area contributed by atoms with E-state index in [1.807, 2.05) is 19.1 Å². The summed E-state index contributed by atoms with van der Waals surface area (Å²) in [4.78, 5) is 2.32. The van der Waals surface area contributed by atoms with Crippen molar-refractivity contribution in [3.8, 4) is 5.75 Å². The molecule has 0 saturated heterocycles. The van der Waals surface area contributed by atoms with Gasteiger partial charge in [-0.1, -0.05) is 25.1 Å². The van der Waals surface area contributed by atoms with E-state index in [0.29, 0.717) is 0 Å². The average Bonchev–Trinajstić information content (AvgIpc) is 2.37. The van der Waals surface area contributed by atoms with Crippen LogP contribution in [0.5, 0.6) is 5.75 Å². The number of benzene rings is 1. The highest BCUT2D eigenvalue weighted by Gasteiger charge is 2.05. The molecule has 0 atom stereocenters. The topological polar surface area (TPSA) is 24.5 Å². The highest BCUT2D eigenvalue weighted by Crippen LogP contribution is 2.19. The highest BCUT2D eigenvalue weighted by molar-refractivity contribution is 5.33. The van der Waals surface area contributed by atoms with Crippen molar-refractivity contribution in [2.75, 3.05) is 33.3 Å². The standard InChI is InChI=1S/C15H26N2O/c1-4-10-16-11-12-17(3)13-14-8-6-7-9-15(14)18-5-2/h6-9,16H,4-5,10-13H2,1-3H3. The molecule has 0 heterocycles. The SMILES string of the molecule is CCCNCCN(C)Cc1ccccc1OCC. The molecule has 0 aromatic heterocycles. The van der Waals surface area contributed by atoms with Crippen LogP contribution in [-0.4, -0.2) is 38.2 Å². The molecule has 0 unspecified atom stereocenters. The third-order valence-electron chi connectivity index (χ3n) is 2.81. The van der Waals surface area contributed by atoms with E-state index in [-0.39, 0.29) is 0 Å². The first kappa shape index (κ1) is 15.0. The average molecular weight is 250 g/mol. The Kier molecular flexibility index (Phi) is 7.46. The molecule has 0 spiro atoms. The summed E-state index contributed by atoms with van der Waals surface area (Å²) in [5.74, 6) is 1.01. The van der Waals surface area contributed by atoms with Gasteiger partial charge in [0.2, 0.25) is 0 Å². The quantitative estimate of drug-likeness (QED) is 0.682. The van der Waals surface area contributed by atoms with Crippen molar-refractivity contribution in [3.05, 3.63) is 29.8 Å². The molecule has 0 radical (unpaired) electrons. The first-order chi connectivity index (χ1) is 8.77. The Morgan fingerprint density at radius 1 is 1.17 bits per heavy atom. The molecule has 0 aliphatic heterocycles. The number of likely N-dealkylation sites (N-methyl/N-ethyl adjacent to an activating group) is 1. The zero-order valence-corrected chi connectivity index (χ0v) is 11.9. The van der Waals surface area contributed by atoms with Gasteiger partial charge in [-0.2, -0.15) is 0 Å². The third-order valence-corrected chi connectivity index (χ3v) is 2.81. The third kappa shape index (κ3) is 5.52. The molecule has 1 aromatic rings. The van der Waals surface area contributed by atoms with E-state index < -0.39 is 0 Å². The fourth-order valence-electron chi connectivity index (χ4n) is 1.87.